The van der Waals surface area contributed by atoms with Crippen molar-refractivity contribution in [1.29, 1.82) is 0 Å². The van der Waals surface area contributed by atoms with Gasteiger partial charge in [0.1, 0.15) is 0 Å². The third-order valence-corrected chi connectivity index (χ3v) is 4.39. The molecule has 0 saturated carbocycles. The Morgan fingerprint density at radius 1 is 1.11 bits per heavy atom. The van der Waals surface area contributed by atoms with Gasteiger partial charge >= 0.3 is 0 Å². The number of benzene rings is 1. The summed E-state index contributed by atoms with van der Waals surface area (Å²) < 4.78 is 0. The Kier molecular flexibility index (Phi) is 6.53. The van der Waals surface area contributed by atoms with Crippen molar-refractivity contribution in [3.8, 4) is 0 Å². The van der Waals surface area contributed by atoms with E-state index in [0.717, 1.165) is 0 Å². The predicted octanol–water partition coefficient (Wildman–Crippen LogP) is 3.76. The number of hydrogen-bond donors (Lipinski definition) is 1. The topological polar surface area (TPSA) is 15.3 Å². The van der Waals surface area contributed by atoms with Gasteiger partial charge < -0.3 is 5.32 Å². The lowest BCUT2D eigenvalue weighted by Crippen LogP contribution is -2.44. The van der Waals surface area contributed by atoms with Crippen molar-refractivity contribution < 1.29 is 0 Å². The van der Waals surface area contributed by atoms with Crippen molar-refractivity contribution in [1.82, 2.24) is 10.2 Å². The average molecular weight is 262 g/mol. The molecule has 0 radical (unpaired) electrons. The Bertz CT molecular complexity index is 354. The third-order valence-electron chi connectivity index (χ3n) is 4.39. The molecule has 2 nitrogen and oxygen atoms in total. The summed E-state index contributed by atoms with van der Waals surface area (Å²) >= 11 is 0. The van der Waals surface area contributed by atoms with E-state index in [0.29, 0.717) is 18.1 Å². The van der Waals surface area contributed by atoms with Crippen LogP contribution in [0.25, 0.3) is 0 Å². The lowest BCUT2D eigenvalue weighted by molar-refractivity contribution is 0.144. The highest BCUT2D eigenvalue weighted by Crippen LogP contribution is 2.23. The lowest BCUT2D eigenvalue weighted by atomic mass is 9.96. The molecule has 0 aliphatic carbocycles. The molecule has 2 unspecified atom stereocenters. The van der Waals surface area contributed by atoms with Gasteiger partial charge in [-0.25, -0.2) is 0 Å². The first kappa shape index (κ1) is 16.2. The summed E-state index contributed by atoms with van der Waals surface area (Å²) in [6, 6.07) is 10.4. The second kappa shape index (κ2) is 7.66. The molecule has 0 bridgehead atoms. The average Bonchev–Trinajstić information content (AvgIpc) is 2.42. The molecule has 19 heavy (non-hydrogen) atoms. The molecule has 1 N–H and O–H groups in total. The van der Waals surface area contributed by atoms with Gasteiger partial charge in [0.2, 0.25) is 0 Å². The second-order valence-electron chi connectivity index (χ2n) is 5.55. The standard InChI is InChI=1S/C17H30N2/c1-7-16(8-2)19(6)14(4)17(18-5)15-11-9-13(3)10-12-15/h9-12,14,16-18H,7-8H2,1-6H3. The van der Waals surface area contributed by atoms with Crippen LogP contribution in [-0.4, -0.2) is 31.1 Å². The van der Waals surface area contributed by atoms with E-state index in [1.165, 1.54) is 24.0 Å². The van der Waals surface area contributed by atoms with E-state index in [1.54, 1.807) is 0 Å². The van der Waals surface area contributed by atoms with Gasteiger partial charge in [0, 0.05) is 18.1 Å². The first-order valence-electron chi connectivity index (χ1n) is 7.50. The largest absolute Gasteiger partial charge is 0.312 e. The Labute approximate surface area is 119 Å². The number of likely N-dealkylation sites (N-methyl/N-ethyl adjacent to an activating group) is 2. The van der Waals surface area contributed by atoms with Crippen LogP contribution < -0.4 is 5.32 Å². The zero-order valence-corrected chi connectivity index (χ0v) is 13.4. The summed E-state index contributed by atoms with van der Waals surface area (Å²) in [7, 11) is 4.31. The van der Waals surface area contributed by atoms with E-state index < -0.39 is 0 Å². The third kappa shape index (κ3) is 4.05. The van der Waals surface area contributed by atoms with Gasteiger partial charge in [-0.1, -0.05) is 43.7 Å². The molecule has 1 aromatic carbocycles. The van der Waals surface area contributed by atoms with Crippen molar-refractivity contribution in [2.75, 3.05) is 14.1 Å². The number of aryl methyl sites for hydroxylation is 1. The van der Waals surface area contributed by atoms with Gasteiger partial charge in [-0.15, -0.1) is 0 Å². The minimum absolute atomic E-state index is 0.381. The molecule has 0 heterocycles. The zero-order chi connectivity index (χ0) is 14.4. The Balaban J connectivity index is 2.87. The maximum Gasteiger partial charge on any atom is 0.0473 e. The molecule has 2 atom stereocenters. The van der Waals surface area contributed by atoms with Crippen LogP contribution in [0.5, 0.6) is 0 Å². The van der Waals surface area contributed by atoms with Crippen LogP contribution in [0.3, 0.4) is 0 Å². The van der Waals surface area contributed by atoms with Crippen molar-refractivity contribution in [3.63, 3.8) is 0 Å². The van der Waals surface area contributed by atoms with Crippen LogP contribution in [0.1, 0.15) is 50.8 Å². The summed E-state index contributed by atoms with van der Waals surface area (Å²) in [5.74, 6) is 0. The molecule has 0 saturated heterocycles. The molecule has 0 fully saturated rings. The van der Waals surface area contributed by atoms with Crippen LogP contribution in [-0.2, 0) is 0 Å². The Hall–Kier alpha value is -0.860. The van der Waals surface area contributed by atoms with Gasteiger partial charge in [-0.05, 0) is 46.3 Å². The van der Waals surface area contributed by atoms with E-state index >= 15 is 0 Å². The lowest BCUT2D eigenvalue weighted by Gasteiger charge is -2.37. The maximum atomic E-state index is 3.48. The second-order valence-corrected chi connectivity index (χ2v) is 5.55. The molecule has 0 amide bonds. The summed E-state index contributed by atoms with van der Waals surface area (Å²) in [6.45, 7) is 9.01. The van der Waals surface area contributed by atoms with Gasteiger partial charge in [-0.2, -0.15) is 0 Å². The number of nitrogens with one attached hydrogen (secondary N) is 1. The molecule has 108 valence electrons. The minimum atomic E-state index is 0.381. The summed E-state index contributed by atoms with van der Waals surface area (Å²) in [6.07, 6.45) is 2.42. The normalized spacial score (nSPS) is 14.9. The summed E-state index contributed by atoms with van der Waals surface area (Å²) in [4.78, 5) is 2.51. The highest BCUT2D eigenvalue weighted by Gasteiger charge is 2.24. The molecule has 0 aliphatic rings. The van der Waals surface area contributed by atoms with Crippen molar-refractivity contribution >= 4 is 0 Å². The van der Waals surface area contributed by atoms with Crippen molar-refractivity contribution in [3.05, 3.63) is 35.4 Å². The fourth-order valence-corrected chi connectivity index (χ4v) is 2.89. The van der Waals surface area contributed by atoms with Crippen LogP contribution in [0.15, 0.2) is 24.3 Å². The highest BCUT2D eigenvalue weighted by molar-refractivity contribution is 5.25. The highest BCUT2D eigenvalue weighted by atomic mass is 15.2. The van der Waals surface area contributed by atoms with Crippen molar-refractivity contribution in [2.24, 2.45) is 0 Å². The zero-order valence-electron chi connectivity index (χ0n) is 13.4. The quantitative estimate of drug-likeness (QED) is 0.805. The van der Waals surface area contributed by atoms with E-state index in [4.69, 9.17) is 0 Å². The Morgan fingerprint density at radius 3 is 2.05 bits per heavy atom. The van der Waals surface area contributed by atoms with Crippen LogP contribution in [0.4, 0.5) is 0 Å². The van der Waals surface area contributed by atoms with Crippen LogP contribution >= 0.6 is 0 Å². The molecule has 0 spiro atoms. The molecule has 0 aromatic heterocycles. The summed E-state index contributed by atoms with van der Waals surface area (Å²) in [5, 5.41) is 3.48. The fourth-order valence-electron chi connectivity index (χ4n) is 2.89. The number of rotatable bonds is 7. The maximum absolute atomic E-state index is 3.48. The van der Waals surface area contributed by atoms with Gasteiger partial charge in [0.05, 0.1) is 0 Å². The number of nitrogens with zero attached hydrogens (tertiary/aromatic N) is 1. The molecule has 1 aromatic rings. The van der Waals surface area contributed by atoms with Gasteiger partial charge in [0.15, 0.2) is 0 Å². The number of hydrogen-bond acceptors (Lipinski definition) is 2. The molecular weight excluding hydrogens is 232 g/mol. The Morgan fingerprint density at radius 2 is 1.63 bits per heavy atom. The minimum Gasteiger partial charge on any atom is -0.312 e. The monoisotopic (exact) mass is 262 g/mol. The van der Waals surface area contributed by atoms with Crippen LogP contribution in [0, 0.1) is 6.92 Å². The van der Waals surface area contributed by atoms with E-state index in [2.05, 4.69) is 76.3 Å². The SMILES string of the molecule is CCC(CC)N(C)C(C)C(NC)c1ccc(C)cc1. The van der Waals surface area contributed by atoms with E-state index in [9.17, 15) is 0 Å². The fraction of sp³-hybridized carbons (Fsp3) is 0.647. The molecule has 0 aliphatic heterocycles. The predicted molar refractivity (Wildman–Crippen MR) is 84.6 cm³/mol. The summed E-state index contributed by atoms with van der Waals surface area (Å²) in [5.41, 5.74) is 2.69. The van der Waals surface area contributed by atoms with Gasteiger partial charge in [0.25, 0.3) is 0 Å². The van der Waals surface area contributed by atoms with E-state index in [1.807, 2.05) is 0 Å². The van der Waals surface area contributed by atoms with Crippen molar-refractivity contribution in [2.45, 2.75) is 58.7 Å². The molecule has 2 heteroatoms. The molecular formula is C17H30N2. The van der Waals surface area contributed by atoms with Gasteiger partial charge in [-0.3, -0.25) is 4.90 Å². The first-order valence-corrected chi connectivity index (χ1v) is 7.50. The molecule has 1 rings (SSSR count). The first-order chi connectivity index (χ1) is 9.04. The smallest absolute Gasteiger partial charge is 0.0473 e. The van der Waals surface area contributed by atoms with Crippen LogP contribution in [0.2, 0.25) is 0 Å². The van der Waals surface area contributed by atoms with E-state index in [-0.39, 0.29) is 0 Å².